The summed E-state index contributed by atoms with van der Waals surface area (Å²) in [4.78, 5) is 20.3. The maximum absolute atomic E-state index is 12.2. The number of aromatic nitrogens is 3. The number of nitrogens with zero attached hydrogens (tertiary/aromatic N) is 4. The van der Waals surface area contributed by atoms with Crippen molar-refractivity contribution >= 4 is 33.0 Å². The summed E-state index contributed by atoms with van der Waals surface area (Å²) in [5, 5.41) is 5.76. The van der Waals surface area contributed by atoms with Gasteiger partial charge in [-0.05, 0) is 62.7 Å². The van der Waals surface area contributed by atoms with Crippen LogP contribution in [-0.2, 0) is 13.0 Å². The standard InChI is InChI=1S/C25H29N5OS/c1-16-12-17(2)30-25(28-16)18(14-27-30)15-29-11-7-3-4-8-19(29)13-21-20-9-5-6-10-22(20)32-23(21)24(26)31/h5-6,9-10,12,14,19H,3-4,7-8,11,13,15H2,1-2H3,(H2,26,31). The van der Waals surface area contributed by atoms with Crippen LogP contribution in [0.25, 0.3) is 15.7 Å². The zero-order valence-corrected chi connectivity index (χ0v) is 19.5. The first-order chi connectivity index (χ1) is 15.5. The van der Waals surface area contributed by atoms with Crippen molar-refractivity contribution in [2.75, 3.05) is 6.54 Å². The number of fused-ring (bicyclic) bond motifs is 2. The van der Waals surface area contributed by atoms with E-state index < -0.39 is 0 Å². The van der Waals surface area contributed by atoms with E-state index in [9.17, 15) is 4.79 Å². The minimum absolute atomic E-state index is 0.320. The van der Waals surface area contributed by atoms with Crippen LogP contribution >= 0.6 is 11.3 Å². The Balaban J connectivity index is 1.49. The third-order valence-electron chi connectivity index (χ3n) is 6.59. The second-order valence-electron chi connectivity index (χ2n) is 8.89. The third-order valence-corrected chi connectivity index (χ3v) is 7.81. The smallest absolute Gasteiger partial charge is 0.259 e. The van der Waals surface area contributed by atoms with Gasteiger partial charge in [0.05, 0.1) is 11.1 Å². The molecule has 1 aliphatic rings. The zero-order valence-electron chi connectivity index (χ0n) is 18.7. The van der Waals surface area contributed by atoms with Crippen LogP contribution in [0.4, 0.5) is 0 Å². The lowest BCUT2D eigenvalue weighted by atomic mass is 9.97. The van der Waals surface area contributed by atoms with E-state index in [1.165, 1.54) is 36.0 Å². The van der Waals surface area contributed by atoms with Crippen LogP contribution < -0.4 is 5.73 Å². The van der Waals surface area contributed by atoms with Crippen LogP contribution in [0.5, 0.6) is 0 Å². The highest BCUT2D eigenvalue weighted by atomic mass is 32.1. The summed E-state index contributed by atoms with van der Waals surface area (Å²) in [6.45, 7) is 5.96. The lowest BCUT2D eigenvalue weighted by Crippen LogP contribution is -2.36. The number of rotatable bonds is 5. The molecule has 0 saturated carbocycles. The van der Waals surface area contributed by atoms with Gasteiger partial charge in [-0.3, -0.25) is 9.69 Å². The molecule has 6 nitrogen and oxygen atoms in total. The Morgan fingerprint density at radius 3 is 2.91 bits per heavy atom. The van der Waals surface area contributed by atoms with E-state index in [4.69, 9.17) is 10.7 Å². The number of nitrogens with two attached hydrogens (primary N) is 1. The quantitative estimate of drug-likeness (QED) is 0.483. The maximum atomic E-state index is 12.2. The van der Waals surface area contributed by atoms with Crippen molar-refractivity contribution in [3.05, 3.63) is 63.9 Å². The van der Waals surface area contributed by atoms with Crippen LogP contribution in [0.2, 0.25) is 0 Å². The van der Waals surface area contributed by atoms with E-state index in [0.717, 1.165) is 58.8 Å². The Bertz CT molecular complexity index is 1290. The molecule has 1 fully saturated rings. The topological polar surface area (TPSA) is 76.5 Å². The number of carbonyl (C=O) groups excluding carboxylic acids is 1. The summed E-state index contributed by atoms with van der Waals surface area (Å²) in [6.07, 6.45) is 7.56. The molecule has 4 heterocycles. The van der Waals surface area contributed by atoms with Gasteiger partial charge in [0.25, 0.3) is 5.91 Å². The first-order valence-electron chi connectivity index (χ1n) is 11.4. The van der Waals surface area contributed by atoms with Gasteiger partial charge >= 0.3 is 0 Å². The molecule has 1 unspecified atom stereocenters. The van der Waals surface area contributed by atoms with Gasteiger partial charge in [0.15, 0.2) is 5.65 Å². The summed E-state index contributed by atoms with van der Waals surface area (Å²) in [7, 11) is 0. The van der Waals surface area contributed by atoms with Gasteiger partial charge in [-0.2, -0.15) is 5.10 Å². The number of benzene rings is 1. The largest absolute Gasteiger partial charge is 0.365 e. The molecule has 4 aromatic rings. The van der Waals surface area contributed by atoms with Gasteiger partial charge in [0.2, 0.25) is 0 Å². The molecule has 1 amide bonds. The predicted molar refractivity (Wildman–Crippen MR) is 129 cm³/mol. The molecule has 0 aliphatic carbocycles. The van der Waals surface area contributed by atoms with Crippen molar-refractivity contribution < 1.29 is 4.79 Å². The van der Waals surface area contributed by atoms with Crippen LogP contribution in [-0.4, -0.2) is 38.0 Å². The molecule has 166 valence electrons. The van der Waals surface area contributed by atoms with Crippen molar-refractivity contribution in [1.29, 1.82) is 0 Å². The fraction of sp³-hybridized carbons (Fsp3) is 0.400. The minimum Gasteiger partial charge on any atom is -0.365 e. The van der Waals surface area contributed by atoms with Crippen molar-refractivity contribution in [3.63, 3.8) is 0 Å². The highest BCUT2D eigenvalue weighted by molar-refractivity contribution is 7.21. The number of primary amides is 1. The number of likely N-dealkylation sites (tertiary alicyclic amines) is 1. The van der Waals surface area contributed by atoms with Crippen LogP contribution in [0.3, 0.4) is 0 Å². The van der Waals surface area contributed by atoms with E-state index >= 15 is 0 Å². The van der Waals surface area contributed by atoms with Gasteiger partial charge in [-0.25, -0.2) is 9.50 Å². The molecular formula is C25H29N5OS. The van der Waals surface area contributed by atoms with E-state index in [0.29, 0.717) is 10.9 Å². The number of aryl methyl sites for hydroxylation is 2. The Kier molecular flexibility index (Phi) is 5.69. The van der Waals surface area contributed by atoms with Gasteiger partial charge in [0, 0.05) is 34.2 Å². The maximum Gasteiger partial charge on any atom is 0.259 e. The number of hydrogen-bond donors (Lipinski definition) is 1. The van der Waals surface area contributed by atoms with E-state index in [-0.39, 0.29) is 5.91 Å². The average molecular weight is 448 g/mol. The van der Waals surface area contributed by atoms with Crippen LogP contribution in [0.15, 0.2) is 36.5 Å². The lowest BCUT2D eigenvalue weighted by Gasteiger charge is -2.30. The van der Waals surface area contributed by atoms with Gasteiger partial charge in [-0.1, -0.05) is 31.0 Å². The summed E-state index contributed by atoms with van der Waals surface area (Å²) in [6, 6.07) is 10.7. The molecule has 32 heavy (non-hydrogen) atoms. The molecule has 1 aromatic carbocycles. The zero-order chi connectivity index (χ0) is 22.2. The molecule has 3 aromatic heterocycles. The van der Waals surface area contributed by atoms with E-state index in [2.05, 4.69) is 35.1 Å². The number of carbonyl (C=O) groups is 1. The Morgan fingerprint density at radius 1 is 1.22 bits per heavy atom. The SMILES string of the molecule is Cc1cc(C)n2ncc(CN3CCCCCC3Cc3c(C(N)=O)sc4ccccc34)c2n1. The fourth-order valence-corrected chi connectivity index (χ4v) is 6.14. The molecule has 0 radical (unpaired) electrons. The van der Waals surface area contributed by atoms with Crippen molar-refractivity contribution in [1.82, 2.24) is 19.5 Å². The molecule has 0 spiro atoms. The molecule has 2 N–H and O–H groups in total. The lowest BCUT2D eigenvalue weighted by molar-refractivity contribution is 0.100. The van der Waals surface area contributed by atoms with E-state index in [1.54, 1.807) is 0 Å². The van der Waals surface area contributed by atoms with Crippen molar-refractivity contribution in [2.45, 2.75) is 58.5 Å². The number of thiophene rings is 1. The second kappa shape index (κ2) is 8.64. The molecule has 0 bridgehead atoms. The average Bonchev–Trinajstić information content (AvgIpc) is 3.25. The Labute approximate surface area is 192 Å². The summed E-state index contributed by atoms with van der Waals surface area (Å²) in [5.41, 5.74) is 11.1. The van der Waals surface area contributed by atoms with Crippen molar-refractivity contribution in [2.24, 2.45) is 5.73 Å². The Hall–Kier alpha value is -2.77. The van der Waals surface area contributed by atoms with E-state index in [1.807, 2.05) is 29.8 Å². The first kappa shape index (κ1) is 21.1. The molecule has 7 heteroatoms. The van der Waals surface area contributed by atoms with Crippen molar-refractivity contribution in [3.8, 4) is 0 Å². The molecule has 5 rings (SSSR count). The van der Waals surface area contributed by atoms with Gasteiger partial charge in [0.1, 0.15) is 0 Å². The highest BCUT2D eigenvalue weighted by Gasteiger charge is 2.26. The molecule has 1 saturated heterocycles. The summed E-state index contributed by atoms with van der Waals surface area (Å²) < 4.78 is 3.07. The monoisotopic (exact) mass is 447 g/mol. The number of hydrogen-bond acceptors (Lipinski definition) is 5. The first-order valence-corrected chi connectivity index (χ1v) is 12.2. The minimum atomic E-state index is -0.320. The van der Waals surface area contributed by atoms with Gasteiger partial charge in [-0.15, -0.1) is 11.3 Å². The highest BCUT2D eigenvalue weighted by Crippen LogP contribution is 2.34. The fourth-order valence-electron chi connectivity index (χ4n) is 5.06. The normalized spacial score (nSPS) is 17.8. The third kappa shape index (κ3) is 3.91. The molecule has 1 atom stereocenters. The van der Waals surface area contributed by atoms with Crippen LogP contribution in [0, 0.1) is 13.8 Å². The second-order valence-corrected chi connectivity index (χ2v) is 9.94. The van der Waals surface area contributed by atoms with Crippen LogP contribution in [0.1, 0.15) is 57.9 Å². The predicted octanol–water partition coefficient (Wildman–Crippen LogP) is 4.65. The molecule has 1 aliphatic heterocycles. The number of amides is 1. The summed E-state index contributed by atoms with van der Waals surface area (Å²) in [5.74, 6) is -0.320. The van der Waals surface area contributed by atoms with Gasteiger partial charge < -0.3 is 5.73 Å². The summed E-state index contributed by atoms with van der Waals surface area (Å²) >= 11 is 1.52. The Morgan fingerprint density at radius 2 is 2.06 bits per heavy atom. The molecular weight excluding hydrogens is 418 g/mol.